The molecule has 5 N–H and O–H groups in total. The number of carboxylic acid groups (broad SMARTS) is 1. The Labute approximate surface area is 312 Å². The number of ether oxygens (including phenoxy) is 2. The number of hydrogen-bond donors (Lipinski definition) is 5. The lowest BCUT2D eigenvalue weighted by atomic mass is 9.98. The fourth-order valence-corrected chi connectivity index (χ4v) is 7.30. The molecule has 4 rings (SSSR count). The molecule has 20 heteroatoms. The number of carbonyl (C=O) groups is 2. The summed E-state index contributed by atoms with van der Waals surface area (Å²) in [5.74, 6) is -3.30. The first kappa shape index (κ1) is 40.3. The summed E-state index contributed by atoms with van der Waals surface area (Å²) in [7, 11) is -7.58. The lowest BCUT2D eigenvalue weighted by molar-refractivity contribution is -0.139. The Morgan fingerprint density at radius 3 is 1.44 bits per heavy atom. The number of carbonyl (C=O) groups excluding carboxylic acids is 1. The Balaban J connectivity index is 1.94. The highest BCUT2D eigenvalue weighted by Gasteiger charge is 2.35. The quantitative estimate of drug-likeness (QED) is 0.0581. The van der Waals surface area contributed by atoms with Gasteiger partial charge in [0.15, 0.2) is 0 Å². The van der Waals surface area contributed by atoms with Crippen molar-refractivity contribution in [2.45, 2.75) is 21.9 Å². The van der Waals surface area contributed by atoms with E-state index in [1.165, 1.54) is 83.3 Å². The van der Waals surface area contributed by atoms with Gasteiger partial charge in [0.1, 0.15) is 32.8 Å². The molecule has 0 bridgehead atoms. The molecule has 0 amide bonds. The van der Waals surface area contributed by atoms with Crippen LogP contribution in [0.1, 0.15) is 34.6 Å². The maximum atomic E-state index is 12.8. The van der Waals surface area contributed by atoms with Crippen LogP contribution in [-0.4, -0.2) is 111 Å². The number of nitrogens with zero attached hydrogens (tertiary/aromatic N) is 4. The van der Waals surface area contributed by atoms with Gasteiger partial charge in [0.25, 0.3) is 20.2 Å². The molecule has 2 heterocycles. The second-order valence-electron chi connectivity index (χ2n) is 11.1. The molecule has 0 saturated carbocycles. The van der Waals surface area contributed by atoms with Crippen LogP contribution in [-0.2, 0) is 29.8 Å². The van der Waals surface area contributed by atoms with Gasteiger partial charge in [-0.15, -0.1) is 0 Å². The van der Waals surface area contributed by atoms with E-state index in [9.17, 15) is 50.8 Å². The topological polar surface area (TPSA) is 254 Å². The highest BCUT2D eigenvalue weighted by Crippen LogP contribution is 2.42. The van der Waals surface area contributed by atoms with Crippen LogP contribution in [0.25, 0.3) is 0 Å². The first-order valence-corrected chi connectivity index (χ1v) is 18.9. The van der Waals surface area contributed by atoms with Crippen LogP contribution < -0.4 is 9.47 Å². The zero-order valence-electron chi connectivity index (χ0n) is 27.4. The van der Waals surface area contributed by atoms with Gasteiger partial charge in [-0.2, -0.15) is 16.8 Å². The van der Waals surface area contributed by atoms with Crippen LogP contribution in [0, 0.1) is 0 Å². The van der Waals surface area contributed by atoms with Gasteiger partial charge in [0.05, 0.1) is 50.8 Å². The van der Waals surface area contributed by atoms with Gasteiger partial charge in [-0.1, -0.05) is 12.1 Å². The molecule has 4 aromatic rings. The number of pyridine rings is 2. The van der Waals surface area contributed by atoms with Crippen LogP contribution in [0.3, 0.4) is 0 Å². The standard InChI is InChI=1S/C32H33IN4O13S2/c1-49-19-13-21(31(41)25(15-19)51(43,44)45)29(23-7-3-5-9-34-23)36(17-27(33)38)11-12-37(18-28(39)40)30(24-8-4-6-10-35-24)22-14-20(50-2)16-26(32(22)42)52(46,47)48/h3-10,13-16,29-30,41-42H,11-12,17-18H2,1-2H3,(H,39,40)(H,43,44,45)(H,46,47,48)/t29-,30?/m0/s1. The molecule has 0 spiro atoms. The molecule has 2 aromatic carbocycles. The zero-order valence-corrected chi connectivity index (χ0v) is 31.2. The number of phenolic OH excluding ortho intramolecular Hbond substituents is 2. The van der Waals surface area contributed by atoms with Crippen LogP contribution in [0.2, 0.25) is 0 Å². The number of benzene rings is 2. The molecule has 17 nitrogen and oxygen atoms in total. The van der Waals surface area contributed by atoms with Crippen molar-refractivity contribution in [3.63, 3.8) is 0 Å². The number of halogens is 1. The van der Waals surface area contributed by atoms with E-state index in [1.807, 2.05) is 0 Å². The van der Waals surface area contributed by atoms with Crippen LogP contribution >= 0.6 is 22.6 Å². The monoisotopic (exact) mass is 872 g/mol. The van der Waals surface area contributed by atoms with Crippen molar-refractivity contribution in [3.8, 4) is 23.0 Å². The minimum absolute atomic E-state index is 0.0760. The average molecular weight is 873 g/mol. The molecular weight excluding hydrogens is 839 g/mol. The second-order valence-corrected chi connectivity index (χ2v) is 15.1. The van der Waals surface area contributed by atoms with Gasteiger partial charge < -0.3 is 24.8 Å². The first-order valence-electron chi connectivity index (χ1n) is 14.9. The van der Waals surface area contributed by atoms with E-state index in [0.29, 0.717) is 0 Å². The molecule has 52 heavy (non-hydrogen) atoms. The fraction of sp³-hybridized carbons (Fsp3) is 0.250. The Bertz CT molecular complexity index is 1990. The molecule has 0 aliphatic rings. The molecule has 0 fully saturated rings. The van der Waals surface area contributed by atoms with E-state index >= 15 is 0 Å². The van der Waals surface area contributed by atoms with Crippen molar-refractivity contribution in [1.29, 1.82) is 0 Å². The summed E-state index contributed by atoms with van der Waals surface area (Å²) < 4.78 is 79.1. The van der Waals surface area contributed by atoms with Crippen molar-refractivity contribution in [1.82, 2.24) is 19.8 Å². The number of hydrogen-bond acceptors (Lipinski definition) is 14. The molecular formula is C32H33IN4O13S2. The molecule has 0 aliphatic heterocycles. The molecule has 278 valence electrons. The predicted octanol–water partition coefficient (Wildman–Crippen LogP) is 2.93. The van der Waals surface area contributed by atoms with Gasteiger partial charge >= 0.3 is 5.97 Å². The summed E-state index contributed by atoms with van der Waals surface area (Å²) in [6, 6.07) is 11.2. The molecule has 0 aliphatic carbocycles. The highest BCUT2D eigenvalue weighted by molar-refractivity contribution is 14.1. The summed E-state index contributed by atoms with van der Waals surface area (Å²) in [6.45, 7) is -1.60. The third-order valence-electron chi connectivity index (χ3n) is 7.78. The molecule has 1 unspecified atom stereocenters. The molecule has 0 saturated heterocycles. The third-order valence-corrected chi connectivity index (χ3v) is 9.85. The first-order chi connectivity index (χ1) is 24.5. The van der Waals surface area contributed by atoms with Gasteiger partial charge in [-0.3, -0.25) is 38.5 Å². The normalized spacial score (nSPS) is 13.1. The largest absolute Gasteiger partial charge is 0.506 e. The summed E-state index contributed by atoms with van der Waals surface area (Å²) in [5, 5.41) is 32.6. The zero-order chi connectivity index (χ0) is 38.4. The van der Waals surface area contributed by atoms with Gasteiger partial charge in [0.2, 0.25) is 3.79 Å². The molecule has 2 atom stereocenters. The lowest BCUT2D eigenvalue weighted by Gasteiger charge is -2.36. The van der Waals surface area contributed by atoms with E-state index in [0.717, 1.165) is 12.1 Å². The van der Waals surface area contributed by atoms with Gasteiger partial charge in [-0.05, 0) is 36.4 Å². The summed E-state index contributed by atoms with van der Waals surface area (Å²) >= 11 is 1.53. The maximum absolute atomic E-state index is 12.8. The van der Waals surface area contributed by atoms with E-state index in [1.54, 1.807) is 24.3 Å². The fourth-order valence-electron chi connectivity index (χ4n) is 5.60. The van der Waals surface area contributed by atoms with Crippen molar-refractivity contribution in [3.05, 3.63) is 95.6 Å². The number of phenols is 2. The number of aromatic hydroxyl groups is 2. The number of aliphatic carboxylic acids is 1. The van der Waals surface area contributed by atoms with Crippen molar-refractivity contribution >= 4 is 52.6 Å². The number of carboxylic acids is 1. The Hall–Kier alpha value is -4.45. The van der Waals surface area contributed by atoms with Gasteiger partial charge in [0, 0.05) is 71.3 Å². The van der Waals surface area contributed by atoms with Crippen molar-refractivity contribution < 1.29 is 60.3 Å². The van der Waals surface area contributed by atoms with E-state index in [4.69, 9.17) is 9.47 Å². The predicted molar refractivity (Wildman–Crippen MR) is 191 cm³/mol. The Morgan fingerprint density at radius 2 is 1.13 bits per heavy atom. The third kappa shape index (κ3) is 9.70. The minimum Gasteiger partial charge on any atom is -0.506 e. The average Bonchev–Trinajstić information content (AvgIpc) is 3.08. The smallest absolute Gasteiger partial charge is 0.317 e. The molecule has 0 radical (unpaired) electrons. The Kier molecular flexibility index (Phi) is 13.1. The SMILES string of the molecule is COc1cc(C(c2ccccn2)N(CCN(CC(=O)I)[C@H](c2ccccn2)c2cc(OC)cc(S(=O)(=O)O)c2O)CC(=O)O)c(O)c(S(=O)(=O)O)c1. The summed E-state index contributed by atoms with van der Waals surface area (Å²) in [5.41, 5.74) is 0.0134. The Morgan fingerprint density at radius 1 is 0.731 bits per heavy atom. The highest BCUT2D eigenvalue weighted by atomic mass is 127. The van der Waals surface area contributed by atoms with Crippen LogP contribution in [0.15, 0.2) is 82.8 Å². The summed E-state index contributed by atoms with van der Waals surface area (Å²) in [6.07, 6.45) is 2.80. The van der Waals surface area contributed by atoms with Crippen molar-refractivity contribution in [2.75, 3.05) is 40.4 Å². The second kappa shape index (κ2) is 16.9. The van der Waals surface area contributed by atoms with Gasteiger partial charge in [-0.25, -0.2) is 0 Å². The number of rotatable bonds is 17. The van der Waals surface area contributed by atoms with E-state index < -0.39 is 69.9 Å². The maximum Gasteiger partial charge on any atom is 0.317 e. The number of aromatic nitrogens is 2. The van der Waals surface area contributed by atoms with Crippen LogP contribution in [0.5, 0.6) is 23.0 Å². The van der Waals surface area contributed by atoms with Crippen LogP contribution in [0.4, 0.5) is 0 Å². The molecule has 2 aromatic heterocycles. The van der Waals surface area contributed by atoms with E-state index in [-0.39, 0.29) is 53.6 Å². The van der Waals surface area contributed by atoms with Crippen molar-refractivity contribution in [2.24, 2.45) is 0 Å². The minimum atomic E-state index is -5.02. The summed E-state index contributed by atoms with van der Waals surface area (Å²) in [4.78, 5) is 34.8. The number of methoxy groups -OCH3 is 2. The lowest BCUT2D eigenvalue weighted by Crippen LogP contribution is -2.43. The van der Waals surface area contributed by atoms with E-state index in [2.05, 4.69) is 9.97 Å².